The zero-order valence-electron chi connectivity index (χ0n) is 20.1. The molecule has 0 amide bonds. The molecule has 0 aliphatic carbocycles. The molecule has 1 saturated heterocycles. The zero-order chi connectivity index (χ0) is 25.3. The van der Waals surface area contributed by atoms with Gasteiger partial charge in [-0.3, -0.25) is 4.79 Å². The predicted octanol–water partition coefficient (Wildman–Crippen LogP) is 6.41. The third-order valence-corrected chi connectivity index (χ3v) is 5.99. The lowest BCUT2D eigenvalue weighted by molar-refractivity contribution is -0.244. The van der Waals surface area contributed by atoms with E-state index in [1.54, 1.807) is 19.2 Å². The number of ether oxygens (including phenoxy) is 4. The Morgan fingerprint density at radius 3 is 2.39 bits per heavy atom. The van der Waals surface area contributed by atoms with Gasteiger partial charge in [-0.15, -0.1) is 0 Å². The Labute approximate surface area is 210 Å². The Bertz CT molecular complexity index is 1170. The molecule has 4 rings (SSSR count). The van der Waals surface area contributed by atoms with Crippen LogP contribution in [0.4, 0.5) is 0 Å². The number of methoxy groups -OCH3 is 1. The molecule has 1 unspecified atom stereocenters. The van der Waals surface area contributed by atoms with E-state index in [0.717, 1.165) is 11.3 Å². The van der Waals surface area contributed by atoms with E-state index in [0.29, 0.717) is 36.5 Å². The van der Waals surface area contributed by atoms with Crippen LogP contribution in [0.15, 0.2) is 84.9 Å². The second kappa shape index (κ2) is 12.2. The molecule has 1 heterocycles. The summed E-state index contributed by atoms with van der Waals surface area (Å²) >= 11 is 0. The molecule has 1 aliphatic rings. The fraction of sp³-hybridized carbons (Fsp3) is 0.276. The first-order valence-corrected chi connectivity index (χ1v) is 11.9. The largest absolute Gasteiger partial charge is 0.508 e. The van der Waals surface area contributed by atoms with Gasteiger partial charge in [-0.2, -0.15) is 0 Å². The summed E-state index contributed by atoms with van der Waals surface area (Å²) in [4.78, 5) is 10.8. The van der Waals surface area contributed by atoms with E-state index in [2.05, 4.69) is 0 Å². The maximum atomic E-state index is 10.8. The standard InChI is InChI=1S/C29H30O7/c1-33-21-15-17-22(18-16-21)35-26-13-8-6-11-24(26)29-34-19-20(9-3-2-4-14-27(31)32)28(36-29)23-10-5-7-12-25(23)30/h2-3,5-8,10-13,15-18,20,28-30H,4,9,14,19H2,1H3,(H,31,32)/b3-2-/t20-,28+,29?/m1/s1. The van der Waals surface area contributed by atoms with Crippen LogP contribution in [0.5, 0.6) is 23.0 Å². The lowest BCUT2D eigenvalue weighted by Crippen LogP contribution is -2.30. The molecular weight excluding hydrogens is 460 g/mol. The topological polar surface area (TPSA) is 94.5 Å². The van der Waals surface area contributed by atoms with Crippen molar-refractivity contribution in [1.29, 1.82) is 0 Å². The number of phenols is 1. The summed E-state index contributed by atoms with van der Waals surface area (Å²) in [5.74, 6) is 1.27. The fourth-order valence-electron chi connectivity index (χ4n) is 4.13. The first-order valence-electron chi connectivity index (χ1n) is 11.9. The molecule has 36 heavy (non-hydrogen) atoms. The third-order valence-electron chi connectivity index (χ3n) is 5.99. The Balaban J connectivity index is 1.54. The summed E-state index contributed by atoms with van der Waals surface area (Å²) in [6, 6.07) is 22.0. The molecule has 1 aliphatic heterocycles. The van der Waals surface area contributed by atoms with Crippen LogP contribution in [0, 0.1) is 5.92 Å². The number of para-hydroxylation sites is 2. The number of carboxylic acids is 1. The van der Waals surface area contributed by atoms with Crippen molar-refractivity contribution in [3.63, 3.8) is 0 Å². The minimum Gasteiger partial charge on any atom is -0.508 e. The Morgan fingerprint density at radius 1 is 0.972 bits per heavy atom. The number of benzene rings is 3. The normalized spacial score (nSPS) is 19.8. The molecule has 3 aromatic carbocycles. The van der Waals surface area contributed by atoms with Gasteiger partial charge in [-0.1, -0.05) is 48.6 Å². The first-order chi connectivity index (χ1) is 17.5. The van der Waals surface area contributed by atoms with Gasteiger partial charge in [0, 0.05) is 17.9 Å². The molecule has 188 valence electrons. The Morgan fingerprint density at radius 2 is 1.67 bits per heavy atom. The monoisotopic (exact) mass is 490 g/mol. The van der Waals surface area contributed by atoms with Crippen LogP contribution in [-0.2, 0) is 14.3 Å². The van der Waals surface area contributed by atoms with Gasteiger partial charge in [0.25, 0.3) is 0 Å². The molecule has 7 heteroatoms. The van der Waals surface area contributed by atoms with Gasteiger partial charge in [0.1, 0.15) is 23.0 Å². The summed E-state index contributed by atoms with van der Waals surface area (Å²) in [5, 5.41) is 19.4. The van der Waals surface area contributed by atoms with Crippen LogP contribution in [0.3, 0.4) is 0 Å². The molecule has 1 fully saturated rings. The van der Waals surface area contributed by atoms with E-state index in [1.807, 2.05) is 72.8 Å². The lowest BCUT2D eigenvalue weighted by atomic mass is 9.91. The zero-order valence-corrected chi connectivity index (χ0v) is 20.1. The minimum atomic E-state index is -0.825. The van der Waals surface area contributed by atoms with E-state index in [9.17, 15) is 9.90 Å². The van der Waals surface area contributed by atoms with Crippen molar-refractivity contribution in [1.82, 2.24) is 0 Å². The number of allylic oxidation sites excluding steroid dienone is 2. The number of carboxylic acid groups (broad SMARTS) is 1. The summed E-state index contributed by atoms with van der Waals surface area (Å²) in [7, 11) is 1.61. The molecular formula is C29H30O7. The second-order valence-electron chi connectivity index (χ2n) is 8.50. The molecule has 0 spiro atoms. The van der Waals surface area contributed by atoms with Crippen molar-refractivity contribution in [3.05, 3.63) is 96.1 Å². The minimum absolute atomic E-state index is 0.0645. The highest BCUT2D eigenvalue weighted by molar-refractivity contribution is 5.66. The molecule has 0 bridgehead atoms. The van der Waals surface area contributed by atoms with Crippen molar-refractivity contribution in [3.8, 4) is 23.0 Å². The maximum absolute atomic E-state index is 10.8. The van der Waals surface area contributed by atoms with Gasteiger partial charge < -0.3 is 29.2 Å². The molecule has 3 aromatic rings. The van der Waals surface area contributed by atoms with Crippen LogP contribution in [-0.4, -0.2) is 29.9 Å². The van der Waals surface area contributed by atoms with Gasteiger partial charge in [-0.25, -0.2) is 0 Å². The molecule has 0 radical (unpaired) electrons. The summed E-state index contributed by atoms with van der Waals surface area (Å²) in [6.45, 7) is 0.393. The Hall–Kier alpha value is -3.81. The molecule has 7 nitrogen and oxygen atoms in total. The highest BCUT2D eigenvalue weighted by Gasteiger charge is 2.35. The molecule has 0 saturated carbocycles. The van der Waals surface area contributed by atoms with Crippen LogP contribution in [0.25, 0.3) is 0 Å². The number of hydrogen-bond donors (Lipinski definition) is 2. The summed E-state index contributed by atoms with van der Waals surface area (Å²) < 4.78 is 24.0. The average Bonchev–Trinajstić information content (AvgIpc) is 2.89. The highest BCUT2D eigenvalue weighted by Crippen LogP contribution is 2.44. The van der Waals surface area contributed by atoms with Gasteiger partial charge in [0.2, 0.25) is 0 Å². The second-order valence-corrected chi connectivity index (χ2v) is 8.50. The van der Waals surface area contributed by atoms with E-state index in [1.165, 1.54) is 0 Å². The number of carbonyl (C=O) groups is 1. The summed E-state index contributed by atoms with van der Waals surface area (Å²) in [5.41, 5.74) is 1.42. The maximum Gasteiger partial charge on any atom is 0.303 e. The number of aromatic hydroxyl groups is 1. The van der Waals surface area contributed by atoms with Gasteiger partial charge in [0.05, 0.1) is 25.4 Å². The fourth-order valence-corrected chi connectivity index (χ4v) is 4.13. The predicted molar refractivity (Wildman–Crippen MR) is 134 cm³/mol. The van der Waals surface area contributed by atoms with Crippen LogP contribution < -0.4 is 9.47 Å². The van der Waals surface area contributed by atoms with Crippen molar-refractivity contribution < 1.29 is 34.0 Å². The van der Waals surface area contributed by atoms with Gasteiger partial charge in [-0.05, 0) is 49.2 Å². The average molecular weight is 491 g/mol. The van der Waals surface area contributed by atoms with Crippen molar-refractivity contribution in [2.75, 3.05) is 13.7 Å². The first kappa shape index (κ1) is 25.3. The van der Waals surface area contributed by atoms with Crippen molar-refractivity contribution in [2.24, 2.45) is 5.92 Å². The number of aliphatic carboxylic acids is 1. The van der Waals surface area contributed by atoms with E-state index >= 15 is 0 Å². The number of phenolic OH excluding ortho intramolecular Hbond substituents is 1. The highest BCUT2D eigenvalue weighted by atomic mass is 16.7. The van der Waals surface area contributed by atoms with Gasteiger partial charge >= 0.3 is 5.97 Å². The van der Waals surface area contributed by atoms with Gasteiger partial charge in [0.15, 0.2) is 6.29 Å². The van der Waals surface area contributed by atoms with E-state index in [4.69, 9.17) is 24.1 Å². The molecule has 2 N–H and O–H groups in total. The quantitative estimate of drug-likeness (QED) is 0.317. The number of rotatable bonds is 10. The van der Waals surface area contributed by atoms with Crippen LogP contribution in [0.2, 0.25) is 0 Å². The van der Waals surface area contributed by atoms with Crippen LogP contribution in [0.1, 0.15) is 42.8 Å². The third kappa shape index (κ3) is 6.44. The molecule has 3 atom stereocenters. The summed E-state index contributed by atoms with van der Waals surface area (Å²) in [6.07, 6.45) is 3.86. The van der Waals surface area contributed by atoms with Crippen LogP contribution >= 0.6 is 0 Å². The smallest absolute Gasteiger partial charge is 0.303 e. The van der Waals surface area contributed by atoms with Crippen molar-refractivity contribution in [2.45, 2.75) is 31.7 Å². The van der Waals surface area contributed by atoms with Crippen molar-refractivity contribution >= 4 is 5.97 Å². The Kier molecular flexibility index (Phi) is 8.60. The van der Waals surface area contributed by atoms with E-state index in [-0.39, 0.29) is 18.1 Å². The van der Waals surface area contributed by atoms with E-state index < -0.39 is 18.4 Å². The SMILES string of the molecule is COc1ccc(Oc2ccccc2C2OC[C@@H](C/C=C\CCC(=O)O)[C@@H](c3ccccc3O)O2)cc1. The molecule has 0 aromatic heterocycles. The lowest BCUT2D eigenvalue weighted by Gasteiger charge is -2.37. The number of hydrogen-bond acceptors (Lipinski definition) is 6.